The third-order valence-electron chi connectivity index (χ3n) is 4.32. The first-order chi connectivity index (χ1) is 12.1. The van der Waals surface area contributed by atoms with E-state index < -0.39 is 0 Å². The van der Waals surface area contributed by atoms with Crippen LogP contribution in [0.4, 0.5) is 0 Å². The number of likely N-dealkylation sites (tertiary alicyclic amines) is 1. The summed E-state index contributed by atoms with van der Waals surface area (Å²) in [6, 6.07) is 7.89. The molecule has 5 nitrogen and oxygen atoms in total. The van der Waals surface area contributed by atoms with Gasteiger partial charge in [-0.05, 0) is 50.8 Å². The number of hydrogen-bond donors (Lipinski definition) is 1. The van der Waals surface area contributed by atoms with Crippen molar-refractivity contribution in [3.8, 4) is 0 Å². The molecule has 7 heteroatoms. The molecule has 0 aliphatic carbocycles. The standard InChI is InChI=1S/C19H28ClN3O2.HI/c1-3-21-19(22-12-9-15-5-7-17(20)8-6-15)23-13-10-16(11-14-23)18(24)25-4-2;/h5-8,16H,3-4,9-14H2,1-2H3,(H,21,22);1H. The first-order valence-corrected chi connectivity index (χ1v) is 9.46. The summed E-state index contributed by atoms with van der Waals surface area (Å²) in [6.07, 6.45) is 2.52. The molecule has 0 unspecified atom stereocenters. The number of carbonyl (C=O) groups is 1. The maximum Gasteiger partial charge on any atom is 0.309 e. The molecule has 1 aliphatic heterocycles. The molecule has 2 rings (SSSR count). The summed E-state index contributed by atoms with van der Waals surface area (Å²) in [5, 5.41) is 4.11. The van der Waals surface area contributed by atoms with Crippen molar-refractivity contribution in [1.29, 1.82) is 0 Å². The van der Waals surface area contributed by atoms with E-state index >= 15 is 0 Å². The Morgan fingerprint density at radius 1 is 1.27 bits per heavy atom. The van der Waals surface area contributed by atoms with Crippen molar-refractivity contribution < 1.29 is 9.53 Å². The topological polar surface area (TPSA) is 53.9 Å². The van der Waals surface area contributed by atoms with Crippen LogP contribution >= 0.6 is 35.6 Å². The molecule has 1 aromatic rings. The van der Waals surface area contributed by atoms with Crippen molar-refractivity contribution in [2.45, 2.75) is 33.1 Å². The van der Waals surface area contributed by atoms with Crippen molar-refractivity contribution in [1.82, 2.24) is 10.2 Å². The second-order valence-electron chi connectivity index (χ2n) is 6.13. The summed E-state index contributed by atoms with van der Waals surface area (Å²) in [5.74, 6) is 0.888. The van der Waals surface area contributed by atoms with Crippen molar-refractivity contribution in [3.63, 3.8) is 0 Å². The van der Waals surface area contributed by atoms with E-state index in [0.29, 0.717) is 6.61 Å². The summed E-state index contributed by atoms with van der Waals surface area (Å²) in [7, 11) is 0. The van der Waals surface area contributed by atoms with E-state index in [4.69, 9.17) is 21.3 Å². The Balaban J connectivity index is 0.00000338. The van der Waals surface area contributed by atoms with Crippen LogP contribution < -0.4 is 5.32 Å². The van der Waals surface area contributed by atoms with Gasteiger partial charge in [-0.2, -0.15) is 0 Å². The monoisotopic (exact) mass is 493 g/mol. The van der Waals surface area contributed by atoms with Gasteiger partial charge in [-0.1, -0.05) is 23.7 Å². The molecule has 1 saturated heterocycles. The van der Waals surface area contributed by atoms with Gasteiger partial charge in [0.05, 0.1) is 12.5 Å². The zero-order chi connectivity index (χ0) is 18.1. The maximum atomic E-state index is 11.9. The first-order valence-electron chi connectivity index (χ1n) is 9.08. The number of esters is 1. The van der Waals surface area contributed by atoms with Gasteiger partial charge >= 0.3 is 5.97 Å². The van der Waals surface area contributed by atoms with Crippen LogP contribution in [0.5, 0.6) is 0 Å². The van der Waals surface area contributed by atoms with Crippen molar-refractivity contribution in [2.75, 3.05) is 32.8 Å². The molecule has 0 bridgehead atoms. The van der Waals surface area contributed by atoms with Gasteiger partial charge < -0.3 is 15.0 Å². The summed E-state index contributed by atoms with van der Waals surface area (Å²) in [4.78, 5) is 18.8. The smallest absolute Gasteiger partial charge is 0.309 e. The normalized spacial score (nSPS) is 15.3. The van der Waals surface area contributed by atoms with Crippen LogP contribution in [-0.2, 0) is 16.0 Å². The second kappa shape index (κ2) is 12.4. The lowest BCUT2D eigenvalue weighted by Crippen LogP contribution is -2.46. The predicted molar refractivity (Wildman–Crippen MR) is 117 cm³/mol. The zero-order valence-corrected chi connectivity index (χ0v) is 18.6. The number of carbonyl (C=O) groups excluding carboxylic acids is 1. The van der Waals surface area contributed by atoms with E-state index in [1.54, 1.807) is 0 Å². The zero-order valence-electron chi connectivity index (χ0n) is 15.5. The Kier molecular flexibility index (Phi) is 11.0. The van der Waals surface area contributed by atoms with Crippen LogP contribution in [0.2, 0.25) is 5.02 Å². The fraction of sp³-hybridized carbons (Fsp3) is 0.579. The average molecular weight is 494 g/mol. The highest BCUT2D eigenvalue weighted by Crippen LogP contribution is 2.19. The number of benzene rings is 1. The molecule has 1 aliphatic rings. The van der Waals surface area contributed by atoms with Gasteiger partial charge in [-0.25, -0.2) is 0 Å². The molecule has 146 valence electrons. The van der Waals surface area contributed by atoms with Gasteiger partial charge in [0, 0.05) is 31.2 Å². The van der Waals surface area contributed by atoms with Crippen molar-refractivity contribution >= 4 is 47.5 Å². The quantitative estimate of drug-likeness (QED) is 0.284. The first kappa shape index (κ1) is 23.0. The van der Waals surface area contributed by atoms with Gasteiger partial charge in [0.1, 0.15) is 0 Å². The number of guanidine groups is 1. The molecular formula is C19H29ClIN3O2. The van der Waals surface area contributed by atoms with Gasteiger partial charge in [0.15, 0.2) is 5.96 Å². The van der Waals surface area contributed by atoms with Crippen LogP contribution in [-0.4, -0.2) is 49.6 Å². The van der Waals surface area contributed by atoms with Crippen molar-refractivity contribution in [3.05, 3.63) is 34.9 Å². The highest BCUT2D eigenvalue weighted by atomic mass is 127. The molecule has 1 N–H and O–H groups in total. The Morgan fingerprint density at radius 2 is 1.92 bits per heavy atom. The van der Waals surface area contributed by atoms with Crippen LogP contribution in [0.1, 0.15) is 32.3 Å². The molecule has 0 radical (unpaired) electrons. The Morgan fingerprint density at radius 3 is 2.50 bits per heavy atom. The van der Waals surface area contributed by atoms with Crippen LogP contribution in [0.15, 0.2) is 29.3 Å². The highest BCUT2D eigenvalue weighted by molar-refractivity contribution is 14.0. The Hall–Kier alpha value is -1.02. The van der Waals surface area contributed by atoms with E-state index in [2.05, 4.69) is 17.1 Å². The van der Waals surface area contributed by atoms with E-state index in [-0.39, 0.29) is 35.9 Å². The highest BCUT2D eigenvalue weighted by Gasteiger charge is 2.27. The number of hydrogen-bond acceptors (Lipinski definition) is 3. The number of piperidine rings is 1. The van der Waals surface area contributed by atoms with Crippen LogP contribution in [0.3, 0.4) is 0 Å². The summed E-state index contributed by atoms with van der Waals surface area (Å²) >= 11 is 5.92. The number of aliphatic imine (C=N–C) groups is 1. The number of nitrogens with one attached hydrogen (secondary N) is 1. The third kappa shape index (κ3) is 7.31. The minimum absolute atomic E-state index is 0. The third-order valence-corrected chi connectivity index (χ3v) is 4.58. The number of halogens is 2. The molecule has 1 aromatic carbocycles. The average Bonchev–Trinajstić information content (AvgIpc) is 2.63. The lowest BCUT2D eigenvalue weighted by molar-refractivity contribution is -0.149. The van der Waals surface area contributed by atoms with Crippen molar-refractivity contribution in [2.24, 2.45) is 10.9 Å². The second-order valence-corrected chi connectivity index (χ2v) is 6.56. The lowest BCUT2D eigenvalue weighted by atomic mass is 9.97. The van der Waals surface area contributed by atoms with Gasteiger partial charge in [0.2, 0.25) is 0 Å². The minimum Gasteiger partial charge on any atom is -0.466 e. The molecule has 0 amide bonds. The number of nitrogens with zero attached hydrogens (tertiary/aromatic N) is 2. The summed E-state index contributed by atoms with van der Waals surface area (Å²) < 4.78 is 5.13. The predicted octanol–water partition coefficient (Wildman–Crippen LogP) is 3.74. The molecule has 0 saturated carbocycles. The molecule has 1 heterocycles. The van der Waals surface area contributed by atoms with Gasteiger partial charge in [-0.3, -0.25) is 9.79 Å². The Labute approximate surface area is 178 Å². The summed E-state index contributed by atoms with van der Waals surface area (Å²) in [6.45, 7) is 7.59. The largest absolute Gasteiger partial charge is 0.466 e. The fourth-order valence-corrected chi connectivity index (χ4v) is 3.08. The number of ether oxygens (including phenoxy) is 1. The summed E-state index contributed by atoms with van der Waals surface area (Å²) in [5.41, 5.74) is 1.23. The molecular weight excluding hydrogens is 465 g/mol. The van der Waals surface area contributed by atoms with E-state index in [9.17, 15) is 4.79 Å². The molecule has 0 aromatic heterocycles. The molecule has 0 atom stereocenters. The molecule has 26 heavy (non-hydrogen) atoms. The molecule has 1 fully saturated rings. The number of rotatable bonds is 6. The Bertz CT molecular complexity index is 573. The maximum absolute atomic E-state index is 11.9. The van der Waals surface area contributed by atoms with E-state index in [0.717, 1.165) is 56.4 Å². The van der Waals surface area contributed by atoms with Crippen LogP contribution in [0.25, 0.3) is 0 Å². The minimum atomic E-state index is -0.0631. The SMILES string of the molecule is CCNC(=NCCc1ccc(Cl)cc1)N1CCC(C(=O)OCC)CC1.I. The van der Waals surface area contributed by atoms with E-state index in [1.807, 2.05) is 31.2 Å². The molecule has 0 spiro atoms. The lowest BCUT2D eigenvalue weighted by Gasteiger charge is -2.33. The van der Waals surface area contributed by atoms with E-state index in [1.165, 1.54) is 5.56 Å². The fourth-order valence-electron chi connectivity index (χ4n) is 2.95. The van der Waals surface area contributed by atoms with Gasteiger partial charge in [0.25, 0.3) is 0 Å². The van der Waals surface area contributed by atoms with Gasteiger partial charge in [-0.15, -0.1) is 24.0 Å². The van der Waals surface area contributed by atoms with Crippen LogP contribution in [0, 0.1) is 5.92 Å².